The maximum absolute atomic E-state index is 12.8. The quantitative estimate of drug-likeness (QED) is 0.757. The van der Waals surface area contributed by atoms with E-state index in [2.05, 4.69) is 15.5 Å². The molecule has 1 saturated carbocycles. The standard InChI is InChI=1S/C13H24N4O2S/c1-4-7-17(9-11-5-6-11)20(18,19)13-12(8-14-3)10(2)15-16-13/h11,14H,4-9H2,1-3H3,(H,15,16). The Morgan fingerprint density at radius 3 is 2.70 bits per heavy atom. The number of rotatable bonds is 8. The molecule has 0 bridgehead atoms. The van der Waals surface area contributed by atoms with Crippen molar-refractivity contribution < 1.29 is 8.42 Å². The molecule has 1 heterocycles. The molecule has 0 aromatic carbocycles. The van der Waals surface area contributed by atoms with Gasteiger partial charge in [0.15, 0.2) is 5.03 Å². The van der Waals surface area contributed by atoms with Crippen LogP contribution < -0.4 is 5.32 Å². The molecule has 1 aliphatic rings. The van der Waals surface area contributed by atoms with Gasteiger partial charge in [0.2, 0.25) is 0 Å². The van der Waals surface area contributed by atoms with Gasteiger partial charge < -0.3 is 5.32 Å². The third kappa shape index (κ3) is 3.21. The van der Waals surface area contributed by atoms with Gasteiger partial charge in [0.05, 0.1) is 0 Å². The van der Waals surface area contributed by atoms with Gasteiger partial charge in [-0.25, -0.2) is 8.42 Å². The zero-order valence-electron chi connectivity index (χ0n) is 12.4. The molecule has 2 rings (SSSR count). The number of aromatic amines is 1. The van der Waals surface area contributed by atoms with Gasteiger partial charge in [0.1, 0.15) is 0 Å². The molecule has 1 aliphatic carbocycles. The van der Waals surface area contributed by atoms with Crippen LogP contribution in [0.15, 0.2) is 5.03 Å². The Labute approximate surface area is 121 Å². The van der Waals surface area contributed by atoms with Crippen molar-refractivity contribution in [1.29, 1.82) is 0 Å². The molecule has 0 amide bonds. The molecule has 0 radical (unpaired) electrons. The van der Waals surface area contributed by atoms with E-state index in [1.54, 1.807) is 11.4 Å². The highest BCUT2D eigenvalue weighted by Crippen LogP contribution is 2.32. The van der Waals surface area contributed by atoms with Crippen molar-refractivity contribution in [3.63, 3.8) is 0 Å². The average Bonchev–Trinajstić information content (AvgIpc) is 3.14. The molecule has 1 fully saturated rings. The lowest BCUT2D eigenvalue weighted by molar-refractivity contribution is 0.393. The molecule has 1 aromatic heterocycles. The van der Waals surface area contributed by atoms with E-state index in [0.29, 0.717) is 25.6 Å². The fourth-order valence-corrected chi connectivity index (χ4v) is 4.07. The van der Waals surface area contributed by atoms with E-state index in [0.717, 1.165) is 30.5 Å². The fraction of sp³-hybridized carbons (Fsp3) is 0.769. The second-order valence-electron chi connectivity index (χ2n) is 5.47. The van der Waals surface area contributed by atoms with E-state index in [1.165, 1.54) is 0 Å². The molecule has 0 saturated heterocycles. The normalized spacial score (nSPS) is 16.0. The summed E-state index contributed by atoms with van der Waals surface area (Å²) in [6.07, 6.45) is 3.09. The number of nitrogens with one attached hydrogen (secondary N) is 2. The summed E-state index contributed by atoms with van der Waals surface area (Å²) < 4.78 is 27.2. The number of nitrogens with zero attached hydrogens (tertiary/aromatic N) is 2. The second-order valence-corrected chi connectivity index (χ2v) is 7.32. The summed E-state index contributed by atoms with van der Waals surface area (Å²) in [5.74, 6) is 0.532. The van der Waals surface area contributed by atoms with Crippen molar-refractivity contribution in [1.82, 2.24) is 19.8 Å². The van der Waals surface area contributed by atoms with Gasteiger partial charge in [-0.1, -0.05) is 6.92 Å². The summed E-state index contributed by atoms with van der Waals surface area (Å²) in [6.45, 7) is 5.54. The van der Waals surface area contributed by atoms with E-state index in [-0.39, 0.29) is 5.03 Å². The summed E-state index contributed by atoms with van der Waals surface area (Å²) >= 11 is 0. The molecule has 0 aliphatic heterocycles. The zero-order valence-corrected chi connectivity index (χ0v) is 13.3. The number of aromatic nitrogens is 2. The Hall–Kier alpha value is -0.920. The van der Waals surface area contributed by atoms with Crippen molar-refractivity contribution in [2.75, 3.05) is 20.1 Å². The highest BCUT2D eigenvalue weighted by molar-refractivity contribution is 7.89. The lowest BCUT2D eigenvalue weighted by Gasteiger charge is -2.21. The van der Waals surface area contributed by atoms with Crippen LogP contribution in [0.2, 0.25) is 0 Å². The topological polar surface area (TPSA) is 78.1 Å². The van der Waals surface area contributed by atoms with Crippen LogP contribution in [0.1, 0.15) is 37.4 Å². The first-order chi connectivity index (χ1) is 9.50. The summed E-state index contributed by atoms with van der Waals surface area (Å²) in [6, 6.07) is 0. The third-order valence-electron chi connectivity index (χ3n) is 3.61. The maximum Gasteiger partial charge on any atom is 0.262 e. The van der Waals surface area contributed by atoms with Gasteiger partial charge in [0.25, 0.3) is 10.0 Å². The molecule has 7 heteroatoms. The van der Waals surface area contributed by atoms with Crippen molar-refractivity contribution >= 4 is 10.0 Å². The SMILES string of the molecule is CCCN(CC1CC1)S(=O)(=O)c1n[nH]c(C)c1CNC. The van der Waals surface area contributed by atoms with Gasteiger partial charge in [-0.2, -0.15) is 9.40 Å². The number of hydrogen-bond acceptors (Lipinski definition) is 4. The molecular formula is C13H24N4O2S. The molecule has 0 unspecified atom stereocenters. The molecule has 2 N–H and O–H groups in total. The van der Waals surface area contributed by atoms with Gasteiger partial charge in [-0.3, -0.25) is 5.10 Å². The predicted octanol–water partition coefficient (Wildman–Crippen LogP) is 1.25. The lowest BCUT2D eigenvalue weighted by atomic mass is 10.3. The Kier molecular flexibility index (Phi) is 4.82. The van der Waals surface area contributed by atoms with E-state index >= 15 is 0 Å². The van der Waals surface area contributed by atoms with Crippen LogP contribution in [-0.2, 0) is 16.6 Å². The maximum atomic E-state index is 12.8. The van der Waals surface area contributed by atoms with Crippen LogP contribution >= 0.6 is 0 Å². The number of sulfonamides is 1. The Morgan fingerprint density at radius 1 is 1.45 bits per heavy atom. The monoisotopic (exact) mass is 300 g/mol. The van der Waals surface area contributed by atoms with Gasteiger partial charge in [-0.05, 0) is 39.2 Å². The van der Waals surface area contributed by atoms with Crippen LogP contribution in [0.25, 0.3) is 0 Å². The fourth-order valence-electron chi connectivity index (χ4n) is 2.30. The Balaban J connectivity index is 2.30. The van der Waals surface area contributed by atoms with Gasteiger partial charge >= 0.3 is 0 Å². The third-order valence-corrected chi connectivity index (χ3v) is 5.44. The first kappa shape index (κ1) is 15.5. The van der Waals surface area contributed by atoms with E-state index in [4.69, 9.17) is 0 Å². The van der Waals surface area contributed by atoms with E-state index < -0.39 is 10.0 Å². The average molecular weight is 300 g/mol. The Morgan fingerprint density at radius 2 is 2.15 bits per heavy atom. The molecule has 6 nitrogen and oxygen atoms in total. The minimum Gasteiger partial charge on any atom is -0.316 e. The van der Waals surface area contributed by atoms with Crippen LogP contribution in [0.4, 0.5) is 0 Å². The number of H-pyrrole nitrogens is 1. The lowest BCUT2D eigenvalue weighted by Crippen LogP contribution is -2.34. The summed E-state index contributed by atoms with van der Waals surface area (Å²) in [4.78, 5) is 0. The first-order valence-corrected chi connectivity index (χ1v) is 8.63. The largest absolute Gasteiger partial charge is 0.316 e. The number of aryl methyl sites for hydroxylation is 1. The van der Waals surface area contributed by atoms with Crippen LogP contribution in [0.5, 0.6) is 0 Å². The zero-order chi connectivity index (χ0) is 14.8. The summed E-state index contributed by atoms with van der Waals surface area (Å²) in [5, 5.41) is 10.0. The number of hydrogen-bond donors (Lipinski definition) is 2. The van der Waals surface area contributed by atoms with Crippen LogP contribution in [-0.4, -0.2) is 43.1 Å². The smallest absolute Gasteiger partial charge is 0.262 e. The highest BCUT2D eigenvalue weighted by atomic mass is 32.2. The summed E-state index contributed by atoms with van der Waals surface area (Å²) in [7, 11) is -1.70. The summed E-state index contributed by atoms with van der Waals surface area (Å²) in [5.41, 5.74) is 1.55. The van der Waals surface area contributed by atoms with Crippen molar-refractivity contribution in [3.8, 4) is 0 Å². The van der Waals surface area contributed by atoms with Gasteiger partial charge in [0, 0.05) is 30.9 Å². The van der Waals surface area contributed by atoms with E-state index in [1.807, 2.05) is 13.8 Å². The van der Waals surface area contributed by atoms with Crippen LogP contribution in [0.3, 0.4) is 0 Å². The first-order valence-electron chi connectivity index (χ1n) is 7.19. The molecule has 1 aromatic rings. The van der Waals surface area contributed by atoms with E-state index in [9.17, 15) is 8.42 Å². The molecule has 0 atom stereocenters. The van der Waals surface area contributed by atoms with Crippen molar-refractivity contribution in [2.24, 2.45) is 5.92 Å². The molecule has 20 heavy (non-hydrogen) atoms. The van der Waals surface area contributed by atoms with Crippen LogP contribution in [0, 0.1) is 12.8 Å². The minimum absolute atomic E-state index is 0.179. The molecule has 0 spiro atoms. The van der Waals surface area contributed by atoms with Gasteiger partial charge in [-0.15, -0.1) is 0 Å². The molecule has 114 valence electrons. The van der Waals surface area contributed by atoms with Crippen molar-refractivity contribution in [3.05, 3.63) is 11.3 Å². The predicted molar refractivity (Wildman–Crippen MR) is 77.9 cm³/mol. The second kappa shape index (κ2) is 6.24. The van der Waals surface area contributed by atoms with Crippen molar-refractivity contribution in [2.45, 2.75) is 44.7 Å². The molecular weight excluding hydrogens is 276 g/mol. The highest BCUT2D eigenvalue weighted by Gasteiger charge is 2.34. The Bertz CT molecular complexity index is 549. The minimum atomic E-state index is -3.50.